The van der Waals surface area contributed by atoms with E-state index in [-0.39, 0.29) is 25.2 Å². The fourth-order valence-corrected chi connectivity index (χ4v) is 3.12. The third kappa shape index (κ3) is 6.14. The standard InChI is InChI=1S/C14H23N3O3S/c1-4-12(2)17(21(3,19)20)11-10-15-14(18)16-13-8-6-5-7-9-13/h5-9,12H,4,10-11H2,1-3H3,(H2,15,16,18). The molecule has 0 saturated heterocycles. The van der Waals surface area contributed by atoms with Crippen molar-refractivity contribution >= 4 is 21.7 Å². The zero-order chi connectivity index (χ0) is 15.9. The van der Waals surface area contributed by atoms with Crippen molar-refractivity contribution in [3.63, 3.8) is 0 Å². The van der Waals surface area contributed by atoms with Gasteiger partial charge in [0.05, 0.1) is 6.26 Å². The molecular weight excluding hydrogens is 290 g/mol. The first kappa shape index (κ1) is 17.5. The van der Waals surface area contributed by atoms with Gasteiger partial charge in [0, 0.05) is 24.8 Å². The van der Waals surface area contributed by atoms with Gasteiger partial charge in [-0.05, 0) is 25.5 Å². The van der Waals surface area contributed by atoms with E-state index in [9.17, 15) is 13.2 Å². The molecule has 0 spiro atoms. The van der Waals surface area contributed by atoms with Crippen molar-refractivity contribution in [2.45, 2.75) is 26.3 Å². The topological polar surface area (TPSA) is 78.5 Å². The fraction of sp³-hybridized carbons (Fsp3) is 0.500. The predicted molar refractivity (Wildman–Crippen MR) is 84.8 cm³/mol. The Morgan fingerprint density at radius 1 is 1.29 bits per heavy atom. The summed E-state index contributed by atoms with van der Waals surface area (Å²) in [6, 6.07) is 8.63. The van der Waals surface area contributed by atoms with E-state index < -0.39 is 10.0 Å². The van der Waals surface area contributed by atoms with E-state index in [1.165, 1.54) is 10.6 Å². The second-order valence-electron chi connectivity index (χ2n) is 4.88. The molecule has 6 nitrogen and oxygen atoms in total. The summed E-state index contributed by atoms with van der Waals surface area (Å²) in [6.45, 7) is 4.30. The smallest absolute Gasteiger partial charge is 0.319 e. The van der Waals surface area contributed by atoms with E-state index >= 15 is 0 Å². The molecule has 1 aromatic rings. The van der Waals surface area contributed by atoms with Crippen molar-refractivity contribution in [2.75, 3.05) is 24.7 Å². The van der Waals surface area contributed by atoms with Gasteiger partial charge in [0.25, 0.3) is 0 Å². The minimum absolute atomic E-state index is 0.0843. The lowest BCUT2D eigenvalue weighted by Gasteiger charge is -2.25. The van der Waals surface area contributed by atoms with Crippen molar-refractivity contribution in [1.82, 2.24) is 9.62 Å². The summed E-state index contributed by atoms with van der Waals surface area (Å²) < 4.78 is 24.8. The molecule has 1 unspecified atom stereocenters. The Morgan fingerprint density at radius 2 is 1.90 bits per heavy atom. The van der Waals surface area contributed by atoms with Gasteiger partial charge in [-0.3, -0.25) is 0 Å². The zero-order valence-corrected chi connectivity index (χ0v) is 13.5. The van der Waals surface area contributed by atoms with Crippen LogP contribution < -0.4 is 10.6 Å². The van der Waals surface area contributed by atoms with Crippen LogP contribution in [0.2, 0.25) is 0 Å². The molecule has 2 N–H and O–H groups in total. The van der Waals surface area contributed by atoms with Gasteiger partial charge in [0.15, 0.2) is 0 Å². The van der Waals surface area contributed by atoms with Crippen LogP contribution in [0.5, 0.6) is 0 Å². The molecule has 0 aromatic heterocycles. The van der Waals surface area contributed by atoms with Gasteiger partial charge in [0.2, 0.25) is 10.0 Å². The maximum Gasteiger partial charge on any atom is 0.319 e. The quantitative estimate of drug-likeness (QED) is 0.806. The van der Waals surface area contributed by atoms with Gasteiger partial charge >= 0.3 is 6.03 Å². The van der Waals surface area contributed by atoms with Crippen LogP contribution in [0.3, 0.4) is 0 Å². The van der Waals surface area contributed by atoms with Crippen LogP contribution in [0.15, 0.2) is 30.3 Å². The Morgan fingerprint density at radius 3 is 2.43 bits per heavy atom. The van der Waals surface area contributed by atoms with E-state index in [0.29, 0.717) is 5.69 Å². The molecule has 0 bridgehead atoms. The molecule has 21 heavy (non-hydrogen) atoms. The molecule has 0 aliphatic heterocycles. The first-order valence-electron chi connectivity index (χ1n) is 6.91. The summed E-state index contributed by atoms with van der Waals surface area (Å²) in [7, 11) is -3.27. The highest BCUT2D eigenvalue weighted by Gasteiger charge is 2.21. The monoisotopic (exact) mass is 313 g/mol. The average Bonchev–Trinajstić information content (AvgIpc) is 2.42. The molecule has 1 atom stereocenters. The fourth-order valence-electron chi connectivity index (χ4n) is 1.89. The maximum absolute atomic E-state index is 11.7. The van der Waals surface area contributed by atoms with Gasteiger partial charge in [0.1, 0.15) is 0 Å². The molecule has 0 fully saturated rings. The number of sulfonamides is 1. The predicted octanol–water partition coefficient (Wildman–Crippen LogP) is 1.87. The van der Waals surface area contributed by atoms with Gasteiger partial charge in [-0.15, -0.1) is 0 Å². The highest BCUT2D eigenvalue weighted by molar-refractivity contribution is 7.88. The van der Waals surface area contributed by atoms with E-state index in [1.54, 1.807) is 12.1 Å². The van der Waals surface area contributed by atoms with Crippen LogP contribution in [0, 0.1) is 0 Å². The molecule has 1 rings (SSSR count). The number of carbonyl (C=O) groups excluding carboxylic acids is 1. The van der Waals surface area contributed by atoms with Crippen LogP contribution in [-0.4, -0.2) is 44.1 Å². The summed E-state index contributed by atoms with van der Waals surface area (Å²) >= 11 is 0. The Labute approximate surface area is 126 Å². The Balaban J connectivity index is 2.45. The number of urea groups is 1. The number of para-hydroxylation sites is 1. The van der Waals surface area contributed by atoms with E-state index in [4.69, 9.17) is 0 Å². The molecule has 2 amide bonds. The van der Waals surface area contributed by atoms with Crippen molar-refractivity contribution in [2.24, 2.45) is 0 Å². The SMILES string of the molecule is CCC(C)N(CCNC(=O)Nc1ccccc1)S(C)(=O)=O. The first-order valence-corrected chi connectivity index (χ1v) is 8.76. The molecule has 0 radical (unpaired) electrons. The van der Waals surface area contributed by atoms with Crippen molar-refractivity contribution < 1.29 is 13.2 Å². The maximum atomic E-state index is 11.7. The first-order chi connectivity index (χ1) is 9.84. The number of rotatable bonds is 7. The van der Waals surface area contributed by atoms with Crippen LogP contribution in [0.4, 0.5) is 10.5 Å². The Hall–Kier alpha value is -1.60. The molecule has 0 heterocycles. The summed E-state index contributed by atoms with van der Waals surface area (Å²) in [5.41, 5.74) is 0.692. The average molecular weight is 313 g/mol. The van der Waals surface area contributed by atoms with Crippen LogP contribution in [0.1, 0.15) is 20.3 Å². The number of nitrogens with one attached hydrogen (secondary N) is 2. The van der Waals surface area contributed by atoms with Crippen LogP contribution in [0.25, 0.3) is 0 Å². The number of anilines is 1. The minimum Gasteiger partial charge on any atom is -0.337 e. The number of benzene rings is 1. The second kappa shape index (κ2) is 7.99. The highest BCUT2D eigenvalue weighted by Crippen LogP contribution is 2.08. The van der Waals surface area contributed by atoms with Crippen LogP contribution in [-0.2, 0) is 10.0 Å². The molecule has 0 aliphatic rings. The summed E-state index contributed by atoms with van der Waals surface area (Å²) in [5, 5.41) is 5.34. The van der Waals surface area contributed by atoms with Gasteiger partial charge in [-0.2, -0.15) is 4.31 Å². The molecule has 0 aliphatic carbocycles. The van der Waals surface area contributed by atoms with Crippen molar-refractivity contribution in [1.29, 1.82) is 0 Å². The normalized spacial score (nSPS) is 13.0. The molecule has 7 heteroatoms. The molecule has 0 saturated carbocycles. The number of nitrogens with zero attached hydrogens (tertiary/aromatic N) is 1. The third-order valence-electron chi connectivity index (χ3n) is 3.16. The van der Waals surface area contributed by atoms with Crippen LogP contribution >= 0.6 is 0 Å². The summed E-state index contributed by atoms with van der Waals surface area (Å²) in [5.74, 6) is 0. The van der Waals surface area contributed by atoms with Gasteiger partial charge in [-0.25, -0.2) is 13.2 Å². The molecule has 1 aromatic carbocycles. The zero-order valence-electron chi connectivity index (χ0n) is 12.7. The largest absolute Gasteiger partial charge is 0.337 e. The molecule has 118 valence electrons. The minimum atomic E-state index is -3.27. The van der Waals surface area contributed by atoms with Crippen molar-refractivity contribution in [3.05, 3.63) is 30.3 Å². The van der Waals surface area contributed by atoms with E-state index in [2.05, 4.69) is 10.6 Å². The van der Waals surface area contributed by atoms with E-state index in [0.717, 1.165) is 6.42 Å². The highest BCUT2D eigenvalue weighted by atomic mass is 32.2. The number of hydrogen-bond donors (Lipinski definition) is 2. The second-order valence-corrected chi connectivity index (χ2v) is 6.81. The third-order valence-corrected chi connectivity index (χ3v) is 4.55. The van der Waals surface area contributed by atoms with Gasteiger partial charge in [-0.1, -0.05) is 25.1 Å². The lowest BCUT2D eigenvalue weighted by Crippen LogP contribution is -2.43. The summed E-state index contributed by atoms with van der Waals surface area (Å²) in [4.78, 5) is 11.7. The number of hydrogen-bond acceptors (Lipinski definition) is 3. The Kier molecular flexibility index (Phi) is 6.64. The lowest BCUT2D eigenvalue weighted by molar-refractivity contribution is 0.249. The van der Waals surface area contributed by atoms with Gasteiger partial charge < -0.3 is 10.6 Å². The van der Waals surface area contributed by atoms with Crippen molar-refractivity contribution in [3.8, 4) is 0 Å². The number of carbonyl (C=O) groups is 1. The number of amides is 2. The lowest BCUT2D eigenvalue weighted by atomic mass is 10.2. The Bertz CT molecular complexity index is 546. The van der Waals surface area contributed by atoms with E-state index in [1.807, 2.05) is 32.0 Å². The summed E-state index contributed by atoms with van der Waals surface area (Å²) in [6.07, 6.45) is 1.91. The molecular formula is C14H23N3O3S.